The summed E-state index contributed by atoms with van der Waals surface area (Å²) in [6.45, 7) is 2.24. The number of carbonyl (C=O) groups is 3. The van der Waals surface area contributed by atoms with E-state index in [2.05, 4.69) is 12.2 Å². The van der Waals surface area contributed by atoms with E-state index in [0.29, 0.717) is 6.42 Å². The first-order valence-corrected chi connectivity index (χ1v) is 9.91. The zero-order chi connectivity index (χ0) is 18.3. The molecule has 1 aliphatic carbocycles. The van der Waals surface area contributed by atoms with Crippen LogP contribution in [-0.2, 0) is 14.4 Å². The zero-order valence-electron chi connectivity index (χ0n) is 15.6. The lowest BCUT2D eigenvalue weighted by molar-refractivity contribution is -0.122. The monoisotopic (exact) mass is 347 g/mol. The molecule has 1 N–H and O–H groups in total. The Morgan fingerprint density at radius 3 is 1.88 bits per heavy atom. The fourth-order valence-corrected chi connectivity index (χ4v) is 2.95. The van der Waals surface area contributed by atoms with E-state index in [1.807, 2.05) is 0 Å². The van der Waals surface area contributed by atoms with Gasteiger partial charge in [0, 0.05) is 12.5 Å². The molecule has 0 atom stereocenters. The van der Waals surface area contributed by atoms with Crippen molar-refractivity contribution in [2.75, 3.05) is 0 Å². The second-order valence-corrected chi connectivity index (χ2v) is 6.85. The van der Waals surface area contributed by atoms with Crippen LogP contribution in [0.4, 0.5) is 0 Å². The molecular formula is C21H33NO3. The summed E-state index contributed by atoms with van der Waals surface area (Å²) in [4.78, 5) is 34.5. The van der Waals surface area contributed by atoms with Crippen LogP contribution in [0.2, 0.25) is 0 Å². The number of nitrogens with one attached hydrogen (secondary N) is 1. The van der Waals surface area contributed by atoms with E-state index in [9.17, 15) is 14.4 Å². The van der Waals surface area contributed by atoms with Crippen molar-refractivity contribution >= 4 is 17.5 Å². The van der Waals surface area contributed by atoms with Gasteiger partial charge in [0.15, 0.2) is 5.78 Å². The molecular weight excluding hydrogens is 314 g/mol. The molecule has 0 aromatic carbocycles. The fraction of sp³-hybridized carbons (Fsp3) is 0.667. The zero-order valence-corrected chi connectivity index (χ0v) is 15.6. The SMILES string of the molecule is CCCCCCCCCCCCCCC(=O)NC1=CC(=O)C=CC1=O. The van der Waals surface area contributed by atoms with E-state index in [-0.39, 0.29) is 23.2 Å². The van der Waals surface area contributed by atoms with Gasteiger partial charge >= 0.3 is 0 Å². The van der Waals surface area contributed by atoms with Gasteiger partial charge in [0.25, 0.3) is 0 Å². The van der Waals surface area contributed by atoms with E-state index in [1.165, 1.54) is 76.0 Å². The van der Waals surface area contributed by atoms with Crippen LogP contribution >= 0.6 is 0 Å². The van der Waals surface area contributed by atoms with Gasteiger partial charge in [-0.15, -0.1) is 0 Å². The van der Waals surface area contributed by atoms with E-state index in [4.69, 9.17) is 0 Å². The lowest BCUT2D eigenvalue weighted by Gasteiger charge is -2.09. The molecule has 0 bridgehead atoms. The molecule has 0 aromatic rings. The first-order chi connectivity index (χ1) is 12.1. The minimum atomic E-state index is -0.317. The molecule has 0 aromatic heterocycles. The van der Waals surface area contributed by atoms with Crippen molar-refractivity contribution < 1.29 is 14.4 Å². The molecule has 0 heterocycles. The maximum Gasteiger partial charge on any atom is 0.224 e. The van der Waals surface area contributed by atoms with Crippen molar-refractivity contribution in [2.45, 2.75) is 90.4 Å². The number of rotatable bonds is 14. The summed E-state index contributed by atoms with van der Waals surface area (Å²) in [7, 11) is 0. The Morgan fingerprint density at radius 2 is 1.32 bits per heavy atom. The predicted molar refractivity (Wildman–Crippen MR) is 101 cm³/mol. The molecule has 140 valence electrons. The second kappa shape index (κ2) is 13.6. The Bertz CT molecular complexity index is 491. The van der Waals surface area contributed by atoms with Crippen molar-refractivity contribution in [1.29, 1.82) is 0 Å². The minimum Gasteiger partial charge on any atom is -0.323 e. The van der Waals surface area contributed by atoms with Crippen molar-refractivity contribution in [1.82, 2.24) is 5.32 Å². The Kier molecular flexibility index (Phi) is 11.6. The Morgan fingerprint density at radius 1 is 0.800 bits per heavy atom. The minimum absolute atomic E-state index is 0.0939. The highest BCUT2D eigenvalue weighted by molar-refractivity contribution is 6.18. The van der Waals surface area contributed by atoms with Crippen molar-refractivity contribution in [3.63, 3.8) is 0 Å². The van der Waals surface area contributed by atoms with E-state index in [0.717, 1.165) is 19.3 Å². The summed E-state index contributed by atoms with van der Waals surface area (Å²) >= 11 is 0. The lowest BCUT2D eigenvalue weighted by Crippen LogP contribution is -2.28. The molecule has 1 amide bonds. The highest BCUT2D eigenvalue weighted by Gasteiger charge is 2.15. The molecule has 1 aliphatic rings. The number of unbranched alkanes of at least 4 members (excludes halogenated alkanes) is 11. The van der Waals surface area contributed by atoms with Crippen LogP contribution in [0.25, 0.3) is 0 Å². The van der Waals surface area contributed by atoms with Gasteiger partial charge in [-0.25, -0.2) is 0 Å². The average molecular weight is 347 g/mol. The Balaban J connectivity index is 1.93. The van der Waals surface area contributed by atoms with E-state index < -0.39 is 0 Å². The van der Waals surface area contributed by atoms with Crippen LogP contribution in [0.15, 0.2) is 23.9 Å². The lowest BCUT2D eigenvalue weighted by atomic mass is 10.0. The van der Waals surface area contributed by atoms with Gasteiger partial charge in [-0.3, -0.25) is 14.4 Å². The fourth-order valence-electron chi connectivity index (χ4n) is 2.95. The van der Waals surface area contributed by atoms with Crippen molar-refractivity contribution in [2.24, 2.45) is 0 Å². The molecule has 0 aliphatic heterocycles. The second-order valence-electron chi connectivity index (χ2n) is 6.85. The predicted octanol–water partition coefficient (Wildman–Crippen LogP) is 4.79. The maximum absolute atomic E-state index is 11.8. The number of ketones is 2. The van der Waals surface area contributed by atoms with E-state index >= 15 is 0 Å². The van der Waals surface area contributed by atoms with Gasteiger partial charge < -0.3 is 5.32 Å². The van der Waals surface area contributed by atoms with E-state index in [1.54, 1.807) is 0 Å². The van der Waals surface area contributed by atoms with Crippen LogP contribution in [0.1, 0.15) is 90.4 Å². The standard InChI is InChI=1S/C21H33NO3/c1-2-3-4-5-6-7-8-9-10-11-12-13-14-21(25)22-19-17-18(23)15-16-20(19)24/h15-17H,2-14H2,1H3,(H,22,25). The third-order valence-electron chi connectivity index (χ3n) is 4.48. The molecule has 4 heteroatoms. The molecule has 0 saturated carbocycles. The molecule has 0 spiro atoms. The maximum atomic E-state index is 11.8. The van der Waals surface area contributed by atoms with Gasteiger partial charge in [-0.1, -0.05) is 77.6 Å². The quantitative estimate of drug-likeness (QED) is 0.363. The molecule has 0 radical (unpaired) electrons. The van der Waals surface area contributed by atoms with Gasteiger partial charge in [0.05, 0.1) is 5.70 Å². The molecule has 0 unspecified atom stereocenters. The number of allylic oxidation sites excluding steroid dienone is 3. The topological polar surface area (TPSA) is 63.2 Å². The highest BCUT2D eigenvalue weighted by atomic mass is 16.2. The van der Waals surface area contributed by atoms with Crippen LogP contribution < -0.4 is 5.32 Å². The van der Waals surface area contributed by atoms with Crippen molar-refractivity contribution in [3.8, 4) is 0 Å². The van der Waals surface area contributed by atoms with Gasteiger partial charge in [0.1, 0.15) is 0 Å². The summed E-state index contributed by atoms with van der Waals surface area (Å²) in [6, 6.07) is 0. The molecule has 0 fully saturated rings. The number of amides is 1. The molecule has 0 saturated heterocycles. The van der Waals surface area contributed by atoms with Crippen LogP contribution in [-0.4, -0.2) is 17.5 Å². The number of hydrogen-bond donors (Lipinski definition) is 1. The van der Waals surface area contributed by atoms with Gasteiger partial charge in [0.2, 0.25) is 11.7 Å². The third-order valence-corrected chi connectivity index (χ3v) is 4.48. The van der Waals surface area contributed by atoms with Crippen LogP contribution in [0.3, 0.4) is 0 Å². The normalized spacial score (nSPS) is 13.9. The summed E-state index contributed by atoms with van der Waals surface area (Å²) in [5.41, 5.74) is 0.0939. The molecule has 25 heavy (non-hydrogen) atoms. The first-order valence-electron chi connectivity index (χ1n) is 9.91. The van der Waals surface area contributed by atoms with Gasteiger partial charge in [-0.05, 0) is 18.6 Å². The largest absolute Gasteiger partial charge is 0.323 e. The van der Waals surface area contributed by atoms with Crippen LogP contribution in [0, 0.1) is 0 Å². The third kappa shape index (κ3) is 10.7. The molecule has 4 nitrogen and oxygen atoms in total. The Labute approximate surface area is 152 Å². The smallest absolute Gasteiger partial charge is 0.224 e. The highest BCUT2D eigenvalue weighted by Crippen LogP contribution is 2.12. The van der Waals surface area contributed by atoms with Crippen LogP contribution in [0.5, 0.6) is 0 Å². The summed E-state index contributed by atoms with van der Waals surface area (Å²) in [5.74, 6) is -0.766. The summed E-state index contributed by atoms with van der Waals surface area (Å²) < 4.78 is 0. The molecule has 1 rings (SSSR count). The summed E-state index contributed by atoms with van der Waals surface area (Å²) in [5, 5.41) is 2.54. The Hall–Kier alpha value is -1.71. The van der Waals surface area contributed by atoms with Gasteiger partial charge in [-0.2, -0.15) is 0 Å². The van der Waals surface area contributed by atoms with Crippen molar-refractivity contribution in [3.05, 3.63) is 23.9 Å². The summed E-state index contributed by atoms with van der Waals surface area (Å²) in [6.07, 6.45) is 19.0. The first kappa shape index (κ1) is 21.3. The number of carbonyl (C=O) groups excluding carboxylic acids is 3. The average Bonchev–Trinajstić information content (AvgIpc) is 2.59. The number of hydrogen-bond acceptors (Lipinski definition) is 3.